The van der Waals surface area contributed by atoms with Crippen LogP contribution < -0.4 is 15.8 Å². The Morgan fingerprint density at radius 3 is 2.66 bits per heavy atom. The van der Waals surface area contributed by atoms with Gasteiger partial charge in [0.2, 0.25) is 5.91 Å². The molecule has 5 rings (SSSR count). The minimum absolute atomic E-state index is 0.117. The van der Waals surface area contributed by atoms with E-state index in [4.69, 9.17) is 9.15 Å². The molecule has 3 aromatic carbocycles. The third-order valence-electron chi connectivity index (χ3n) is 6.61. The van der Waals surface area contributed by atoms with E-state index in [-0.39, 0.29) is 6.42 Å². The van der Waals surface area contributed by atoms with E-state index in [1.807, 2.05) is 80.6 Å². The molecular formula is C31H28N2O5. The number of para-hydroxylation sites is 1. The van der Waals surface area contributed by atoms with Crippen LogP contribution in [0.5, 0.6) is 5.75 Å². The Labute approximate surface area is 219 Å². The highest BCUT2D eigenvalue weighted by Crippen LogP contribution is 2.24. The van der Waals surface area contributed by atoms with Gasteiger partial charge in [0.25, 0.3) is 0 Å². The number of ether oxygens (including phenoxy) is 1. The number of rotatable bonds is 8. The van der Waals surface area contributed by atoms with E-state index in [0.29, 0.717) is 29.9 Å². The van der Waals surface area contributed by atoms with Crippen LogP contribution in [0.4, 0.5) is 0 Å². The van der Waals surface area contributed by atoms with Gasteiger partial charge in [-0.25, -0.2) is 10.3 Å². The largest absolute Gasteiger partial charge is 0.489 e. The van der Waals surface area contributed by atoms with Crippen LogP contribution in [0, 0.1) is 19.8 Å². The van der Waals surface area contributed by atoms with E-state index in [1.54, 1.807) is 17.6 Å². The highest BCUT2D eigenvalue weighted by molar-refractivity contribution is 5.82. The van der Waals surface area contributed by atoms with Gasteiger partial charge in [-0.3, -0.25) is 15.0 Å². The molecule has 5 aromatic rings. The molecule has 0 spiro atoms. The van der Waals surface area contributed by atoms with Gasteiger partial charge in [0, 0.05) is 33.5 Å². The van der Waals surface area contributed by atoms with Crippen LogP contribution in [0.3, 0.4) is 0 Å². The molecule has 7 heteroatoms. The van der Waals surface area contributed by atoms with Crippen molar-refractivity contribution in [2.24, 2.45) is 5.92 Å². The smallest absolute Gasteiger partial charge is 0.339 e. The summed E-state index contributed by atoms with van der Waals surface area (Å²) in [6, 6.07) is 24.8. The molecule has 38 heavy (non-hydrogen) atoms. The lowest BCUT2D eigenvalue weighted by molar-refractivity contribution is -0.133. The lowest BCUT2D eigenvalue weighted by Crippen LogP contribution is -2.32. The zero-order valence-corrected chi connectivity index (χ0v) is 21.2. The molecule has 0 saturated carbocycles. The number of benzene rings is 3. The Hall–Kier alpha value is -4.49. The molecule has 0 bridgehead atoms. The maximum absolute atomic E-state index is 12.6. The second-order valence-corrected chi connectivity index (χ2v) is 9.56. The highest BCUT2D eigenvalue weighted by atomic mass is 16.5. The molecule has 1 amide bonds. The predicted molar refractivity (Wildman–Crippen MR) is 145 cm³/mol. The fraction of sp³-hybridized carbons (Fsp3) is 0.194. The summed E-state index contributed by atoms with van der Waals surface area (Å²) in [7, 11) is 0. The first kappa shape index (κ1) is 25.2. The van der Waals surface area contributed by atoms with Gasteiger partial charge >= 0.3 is 5.63 Å². The Kier molecular flexibility index (Phi) is 7.20. The quantitative estimate of drug-likeness (QED) is 0.164. The number of nitrogens with one attached hydrogen (secondary N) is 1. The summed E-state index contributed by atoms with van der Waals surface area (Å²) < 4.78 is 11.6. The van der Waals surface area contributed by atoms with E-state index < -0.39 is 17.5 Å². The van der Waals surface area contributed by atoms with Gasteiger partial charge in [-0.15, -0.1) is 0 Å². The van der Waals surface area contributed by atoms with Crippen molar-refractivity contribution in [2.75, 3.05) is 0 Å². The molecule has 0 saturated heterocycles. The van der Waals surface area contributed by atoms with Crippen molar-refractivity contribution in [3.8, 4) is 5.75 Å². The highest BCUT2D eigenvalue weighted by Gasteiger charge is 2.22. The molecule has 1 unspecified atom stereocenters. The van der Waals surface area contributed by atoms with Gasteiger partial charge in [-0.2, -0.15) is 0 Å². The van der Waals surface area contributed by atoms with Crippen molar-refractivity contribution in [1.82, 2.24) is 10.5 Å². The lowest BCUT2D eigenvalue weighted by atomic mass is 9.92. The summed E-state index contributed by atoms with van der Waals surface area (Å²) in [5.74, 6) is -0.601. The van der Waals surface area contributed by atoms with Crippen LogP contribution in [0.15, 0.2) is 88.1 Å². The van der Waals surface area contributed by atoms with Crippen LogP contribution in [0.1, 0.15) is 27.9 Å². The molecule has 192 valence electrons. The summed E-state index contributed by atoms with van der Waals surface area (Å²) in [4.78, 5) is 29.8. The van der Waals surface area contributed by atoms with E-state index in [0.717, 1.165) is 38.7 Å². The van der Waals surface area contributed by atoms with Crippen molar-refractivity contribution in [3.05, 3.63) is 117 Å². The molecular weight excluding hydrogens is 480 g/mol. The van der Waals surface area contributed by atoms with Crippen LogP contribution in [-0.4, -0.2) is 16.1 Å². The fourth-order valence-electron chi connectivity index (χ4n) is 4.76. The summed E-state index contributed by atoms with van der Waals surface area (Å²) >= 11 is 0. The van der Waals surface area contributed by atoms with E-state index in [1.165, 1.54) is 0 Å². The normalized spacial score (nSPS) is 12.0. The van der Waals surface area contributed by atoms with Crippen molar-refractivity contribution in [3.63, 3.8) is 0 Å². The average molecular weight is 509 g/mol. The summed E-state index contributed by atoms with van der Waals surface area (Å²) in [6.45, 7) is 4.28. The molecule has 0 aliphatic rings. The second-order valence-electron chi connectivity index (χ2n) is 9.56. The number of hydrogen-bond acceptors (Lipinski definition) is 6. The van der Waals surface area contributed by atoms with E-state index in [2.05, 4.69) is 4.98 Å². The van der Waals surface area contributed by atoms with Crippen LogP contribution in [0.2, 0.25) is 0 Å². The number of hydrogen-bond donors (Lipinski definition) is 2. The Balaban J connectivity index is 1.35. The standard InChI is InChI=1S/C31H28N2O5/c1-19-10-11-29-22(12-19)16-24(31(35)38-29)17-23(30(34)33-36)14-21-6-5-7-26(15-21)37-18-25-13-20(2)32-28-9-4-3-8-27(25)28/h3-13,15-16,23,36H,14,17-18H2,1-2H3,(H,33,34). The maximum atomic E-state index is 12.6. The maximum Gasteiger partial charge on any atom is 0.339 e. The number of carbonyl (C=O) groups excluding carboxylic acids is 1. The third kappa shape index (κ3) is 5.58. The van der Waals surface area contributed by atoms with Crippen LogP contribution >= 0.6 is 0 Å². The average Bonchev–Trinajstić information content (AvgIpc) is 2.91. The van der Waals surface area contributed by atoms with Gasteiger partial charge in [0.05, 0.1) is 5.52 Å². The summed E-state index contributed by atoms with van der Waals surface area (Å²) in [6.07, 6.45) is 0.415. The van der Waals surface area contributed by atoms with Gasteiger partial charge in [-0.05, 0) is 74.7 Å². The second kappa shape index (κ2) is 10.9. The number of fused-ring (bicyclic) bond motifs is 2. The predicted octanol–water partition coefficient (Wildman–Crippen LogP) is 5.44. The van der Waals surface area contributed by atoms with Gasteiger partial charge in [0.15, 0.2) is 0 Å². The Morgan fingerprint density at radius 1 is 0.974 bits per heavy atom. The van der Waals surface area contributed by atoms with E-state index in [9.17, 15) is 14.8 Å². The van der Waals surface area contributed by atoms with Gasteiger partial charge in [0.1, 0.15) is 17.9 Å². The van der Waals surface area contributed by atoms with E-state index >= 15 is 0 Å². The SMILES string of the molecule is Cc1ccc2oc(=O)c(CC(Cc3cccc(OCc4cc(C)nc5ccccc45)c3)C(=O)NO)cc2c1. The molecule has 0 aliphatic heterocycles. The number of aromatic nitrogens is 1. The number of hydroxylamine groups is 1. The van der Waals surface area contributed by atoms with Crippen LogP contribution in [0.25, 0.3) is 21.9 Å². The zero-order valence-electron chi connectivity index (χ0n) is 21.2. The Bertz CT molecular complexity index is 1690. The molecule has 2 N–H and O–H groups in total. The van der Waals surface area contributed by atoms with Crippen molar-refractivity contribution < 1.29 is 19.2 Å². The van der Waals surface area contributed by atoms with Crippen LogP contribution in [-0.2, 0) is 24.2 Å². The number of pyridine rings is 1. The number of aryl methyl sites for hydroxylation is 2. The first-order valence-electron chi connectivity index (χ1n) is 12.4. The van der Waals surface area contributed by atoms with Crippen molar-refractivity contribution in [2.45, 2.75) is 33.3 Å². The topological polar surface area (TPSA) is 102 Å². The monoisotopic (exact) mass is 508 g/mol. The molecule has 7 nitrogen and oxygen atoms in total. The van der Waals surface area contributed by atoms with Gasteiger partial charge in [-0.1, -0.05) is 42.0 Å². The summed E-state index contributed by atoms with van der Waals surface area (Å²) in [5.41, 5.74) is 6.88. The Morgan fingerprint density at radius 2 is 1.82 bits per heavy atom. The molecule has 0 radical (unpaired) electrons. The molecule has 1 atom stereocenters. The van der Waals surface area contributed by atoms with Crippen molar-refractivity contribution in [1.29, 1.82) is 0 Å². The molecule has 0 aliphatic carbocycles. The lowest BCUT2D eigenvalue weighted by Gasteiger charge is -2.16. The first-order valence-corrected chi connectivity index (χ1v) is 12.4. The first-order chi connectivity index (χ1) is 18.4. The number of amides is 1. The van der Waals surface area contributed by atoms with Gasteiger partial charge < -0.3 is 9.15 Å². The minimum atomic E-state index is -0.688. The fourth-order valence-corrected chi connectivity index (χ4v) is 4.76. The minimum Gasteiger partial charge on any atom is -0.489 e. The molecule has 0 fully saturated rings. The number of carbonyl (C=O) groups is 1. The third-order valence-corrected chi connectivity index (χ3v) is 6.61. The molecule has 2 aromatic heterocycles. The zero-order chi connectivity index (χ0) is 26.6. The summed E-state index contributed by atoms with van der Waals surface area (Å²) in [5, 5.41) is 11.2. The van der Waals surface area contributed by atoms with Crippen molar-refractivity contribution >= 4 is 27.8 Å². The molecule has 2 heterocycles. The number of nitrogens with zero attached hydrogens (tertiary/aromatic N) is 1.